The first kappa shape index (κ1) is 18.4. The van der Waals surface area contributed by atoms with E-state index in [0.717, 1.165) is 52.1 Å². The first-order chi connectivity index (χ1) is 15.8. The molecule has 9 nitrogen and oxygen atoms in total. The number of hydrogen-bond donors (Lipinski definition) is 2. The van der Waals surface area contributed by atoms with E-state index in [2.05, 4.69) is 31.4 Å². The molecular weight excluding hydrogens is 402 g/mol. The zero-order valence-electron chi connectivity index (χ0n) is 17.1. The largest absolute Gasteiger partial charge is 0.285 e. The van der Waals surface area contributed by atoms with Gasteiger partial charge in [-0.15, -0.1) is 0 Å². The van der Waals surface area contributed by atoms with Crippen molar-refractivity contribution in [2.24, 2.45) is 0 Å². The van der Waals surface area contributed by atoms with Gasteiger partial charge in [0, 0.05) is 47.3 Å². The Labute approximate surface area is 183 Å². The van der Waals surface area contributed by atoms with Crippen LogP contribution in [0, 0.1) is 11.3 Å². The van der Waals surface area contributed by atoms with Gasteiger partial charge in [0.1, 0.15) is 11.4 Å². The Hall–Kier alpha value is -4.32. The summed E-state index contributed by atoms with van der Waals surface area (Å²) in [5, 5.41) is 29.3. The molecule has 0 bridgehead atoms. The lowest BCUT2D eigenvalue weighted by Crippen LogP contribution is -2.45. The molecule has 0 amide bonds. The Kier molecular flexibility index (Phi) is 4.11. The minimum atomic E-state index is -0.320. The minimum Gasteiger partial charge on any atom is -0.285 e. The topological polar surface area (TPSA) is 125 Å². The molecule has 156 valence electrons. The van der Waals surface area contributed by atoms with Gasteiger partial charge in [-0.25, -0.2) is 4.98 Å². The van der Waals surface area contributed by atoms with Crippen molar-refractivity contribution in [1.29, 1.82) is 5.26 Å². The number of nitriles is 1. The van der Waals surface area contributed by atoms with Crippen LogP contribution in [0.25, 0.3) is 33.5 Å². The molecule has 0 atom stereocenters. The molecule has 0 unspecified atom stereocenters. The minimum absolute atomic E-state index is 0.320. The highest BCUT2D eigenvalue weighted by atomic mass is 15.3. The van der Waals surface area contributed by atoms with Crippen molar-refractivity contribution >= 4 is 10.9 Å². The van der Waals surface area contributed by atoms with Crippen molar-refractivity contribution < 1.29 is 0 Å². The third kappa shape index (κ3) is 2.88. The second kappa shape index (κ2) is 7.13. The number of pyridine rings is 2. The molecule has 5 aromatic heterocycles. The second-order valence-corrected chi connectivity index (χ2v) is 8.24. The van der Waals surface area contributed by atoms with E-state index in [9.17, 15) is 5.26 Å². The van der Waals surface area contributed by atoms with Crippen LogP contribution in [0.15, 0.2) is 61.3 Å². The number of H-pyrrole nitrogens is 2. The zero-order valence-corrected chi connectivity index (χ0v) is 17.1. The van der Waals surface area contributed by atoms with Crippen molar-refractivity contribution in [3.8, 4) is 28.7 Å². The summed E-state index contributed by atoms with van der Waals surface area (Å²) < 4.78 is 1.95. The van der Waals surface area contributed by atoms with Gasteiger partial charge in [-0.3, -0.25) is 19.9 Å². The first-order valence-electron chi connectivity index (χ1n) is 10.4. The van der Waals surface area contributed by atoms with Crippen LogP contribution in [-0.2, 0) is 5.54 Å². The maximum absolute atomic E-state index is 9.51. The molecule has 1 aliphatic rings. The maximum atomic E-state index is 9.51. The maximum Gasteiger partial charge on any atom is 0.111 e. The van der Waals surface area contributed by atoms with Crippen LogP contribution < -0.4 is 0 Å². The normalized spacial score (nSPS) is 20.2. The molecule has 0 aromatic carbocycles. The highest BCUT2D eigenvalue weighted by Crippen LogP contribution is 2.51. The van der Waals surface area contributed by atoms with Gasteiger partial charge < -0.3 is 0 Å². The van der Waals surface area contributed by atoms with Crippen molar-refractivity contribution in [2.75, 3.05) is 0 Å². The molecule has 0 saturated heterocycles. The number of aromatic nitrogens is 8. The van der Waals surface area contributed by atoms with Crippen LogP contribution in [0.3, 0.4) is 0 Å². The predicted molar refractivity (Wildman–Crippen MR) is 117 cm³/mol. The summed E-state index contributed by atoms with van der Waals surface area (Å²) in [5.74, 6) is 0.353. The molecule has 1 aliphatic carbocycles. The van der Waals surface area contributed by atoms with Gasteiger partial charge in [0.15, 0.2) is 0 Å². The van der Waals surface area contributed by atoms with E-state index in [1.165, 1.54) is 0 Å². The van der Waals surface area contributed by atoms with Crippen molar-refractivity contribution in [1.82, 2.24) is 40.1 Å². The number of nitrogens with one attached hydrogen (secondary N) is 2. The van der Waals surface area contributed by atoms with E-state index < -0.39 is 0 Å². The fraction of sp³-hybridized carbons (Fsp3) is 0.217. The second-order valence-electron chi connectivity index (χ2n) is 8.24. The SMILES string of the molecule is N#CCC1(n2ccc(-c3nc(-c4cn[nH]c4)cc4ncccc34)n2)CC(c2ccn[nH]2)C1. The molecule has 1 fully saturated rings. The number of nitrogens with zero attached hydrogens (tertiary/aromatic N) is 7. The summed E-state index contributed by atoms with van der Waals surface area (Å²) in [6, 6.07) is 12.2. The average molecular weight is 421 g/mol. The fourth-order valence-electron chi connectivity index (χ4n) is 4.65. The van der Waals surface area contributed by atoms with E-state index >= 15 is 0 Å². The Morgan fingerprint density at radius 2 is 2.09 bits per heavy atom. The molecule has 32 heavy (non-hydrogen) atoms. The molecule has 6 rings (SSSR count). The predicted octanol–water partition coefficient (Wildman–Crippen LogP) is 3.79. The van der Waals surface area contributed by atoms with E-state index in [-0.39, 0.29) is 5.54 Å². The summed E-state index contributed by atoms with van der Waals surface area (Å²) in [5.41, 5.74) is 4.83. The summed E-state index contributed by atoms with van der Waals surface area (Å²) in [6.45, 7) is 0. The van der Waals surface area contributed by atoms with Crippen LogP contribution in [0.4, 0.5) is 0 Å². The van der Waals surface area contributed by atoms with Gasteiger partial charge in [0.25, 0.3) is 0 Å². The Morgan fingerprint density at radius 1 is 1.16 bits per heavy atom. The van der Waals surface area contributed by atoms with Crippen molar-refractivity contribution in [3.63, 3.8) is 0 Å². The van der Waals surface area contributed by atoms with Crippen LogP contribution in [0.5, 0.6) is 0 Å². The van der Waals surface area contributed by atoms with E-state index in [0.29, 0.717) is 12.3 Å². The number of rotatable bonds is 5. The molecule has 0 aliphatic heterocycles. The first-order valence-corrected chi connectivity index (χ1v) is 10.4. The molecule has 9 heteroatoms. The van der Waals surface area contributed by atoms with Gasteiger partial charge >= 0.3 is 0 Å². The summed E-state index contributed by atoms with van der Waals surface area (Å²) in [7, 11) is 0. The zero-order chi connectivity index (χ0) is 21.5. The van der Waals surface area contributed by atoms with Crippen molar-refractivity contribution in [3.05, 3.63) is 67.0 Å². The fourth-order valence-corrected chi connectivity index (χ4v) is 4.65. The monoisotopic (exact) mass is 421 g/mol. The van der Waals surface area contributed by atoms with E-state index in [1.54, 1.807) is 18.6 Å². The smallest absolute Gasteiger partial charge is 0.111 e. The van der Waals surface area contributed by atoms with E-state index in [1.807, 2.05) is 47.4 Å². The lowest BCUT2D eigenvalue weighted by molar-refractivity contribution is 0.0985. The van der Waals surface area contributed by atoms with Crippen molar-refractivity contribution in [2.45, 2.75) is 30.7 Å². The molecule has 1 saturated carbocycles. The third-order valence-electron chi connectivity index (χ3n) is 6.33. The summed E-state index contributed by atoms with van der Waals surface area (Å²) in [6.07, 6.45) is 11.1. The quantitative estimate of drug-likeness (QED) is 0.445. The molecule has 2 N–H and O–H groups in total. The van der Waals surface area contributed by atoms with E-state index in [4.69, 9.17) is 10.1 Å². The Morgan fingerprint density at radius 3 is 2.88 bits per heavy atom. The number of hydrogen-bond acceptors (Lipinski definition) is 6. The molecular formula is C23H19N9. The highest BCUT2D eigenvalue weighted by molar-refractivity contribution is 5.93. The lowest BCUT2D eigenvalue weighted by Gasteiger charge is -2.46. The summed E-state index contributed by atoms with van der Waals surface area (Å²) >= 11 is 0. The Bertz CT molecular complexity index is 1420. The Balaban J connectivity index is 1.41. The summed E-state index contributed by atoms with van der Waals surface area (Å²) in [4.78, 5) is 9.43. The van der Waals surface area contributed by atoms with Gasteiger partial charge in [0.2, 0.25) is 0 Å². The standard InChI is InChI=1S/C23H19N9/c24-6-5-23(11-15(12-23)18-3-8-26-30-18)32-9-4-19(31-32)22-17-2-1-7-25-21(17)10-20(29-22)16-13-27-28-14-16/h1-4,7-10,13-15H,5,11-12H2,(H,26,30)(H,27,28). The van der Waals surface area contributed by atoms with Crippen LogP contribution in [-0.4, -0.2) is 40.1 Å². The molecule has 0 radical (unpaired) electrons. The van der Waals surface area contributed by atoms with Gasteiger partial charge in [-0.2, -0.15) is 20.6 Å². The number of fused-ring (bicyclic) bond motifs is 1. The third-order valence-corrected chi connectivity index (χ3v) is 6.33. The van der Waals surface area contributed by atoms with Gasteiger partial charge in [0.05, 0.1) is 35.4 Å². The molecule has 0 spiro atoms. The van der Waals surface area contributed by atoms with Gasteiger partial charge in [-0.05, 0) is 43.2 Å². The van der Waals surface area contributed by atoms with Gasteiger partial charge in [-0.1, -0.05) is 0 Å². The molecule has 5 aromatic rings. The van der Waals surface area contributed by atoms with Crippen LogP contribution in [0.2, 0.25) is 0 Å². The molecule has 5 heterocycles. The van der Waals surface area contributed by atoms with Crippen LogP contribution >= 0.6 is 0 Å². The van der Waals surface area contributed by atoms with Crippen LogP contribution in [0.1, 0.15) is 30.9 Å². The highest BCUT2D eigenvalue weighted by Gasteiger charge is 2.47. The lowest BCUT2D eigenvalue weighted by atomic mass is 9.65. The average Bonchev–Trinajstić information content (AvgIpc) is 3.57. The number of aromatic amines is 2.